The molecule has 6 nitrogen and oxygen atoms in total. The molecule has 0 spiro atoms. The third-order valence-electron chi connectivity index (χ3n) is 4.97. The van der Waals surface area contributed by atoms with E-state index in [4.69, 9.17) is 5.73 Å². The summed E-state index contributed by atoms with van der Waals surface area (Å²) in [5.41, 5.74) is 7.43. The molecule has 2 fully saturated rings. The van der Waals surface area contributed by atoms with Gasteiger partial charge < -0.3 is 16.0 Å². The van der Waals surface area contributed by atoms with Crippen LogP contribution in [0.5, 0.6) is 0 Å². The topological polar surface area (TPSA) is 78.7 Å². The molecular weight excluding hydrogens is 304 g/mol. The maximum Gasteiger partial charge on any atom is 0.321 e. The first-order valence-electron chi connectivity index (χ1n) is 8.76. The van der Waals surface area contributed by atoms with Crippen LogP contribution in [0.15, 0.2) is 24.3 Å². The summed E-state index contributed by atoms with van der Waals surface area (Å²) < 4.78 is 0. The Hall–Kier alpha value is -2.08. The van der Waals surface area contributed by atoms with Crippen molar-refractivity contribution < 1.29 is 9.59 Å². The lowest BCUT2D eigenvalue weighted by Gasteiger charge is -2.35. The Morgan fingerprint density at radius 3 is 2.92 bits per heavy atom. The Kier molecular flexibility index (Phi) is 5.04. The summed E-state index contributed by atoms with van der Waals surface area (Å²) in [6, 6.07) is 7.37. The summed E-state index contributed by atoms with van der Waals surface area (Å²) in [6.07, 6.45) is 2.98. The molecule has 0 aliphatic carbocycles. The lowest BCUT2D eigenvalue weighted by Crippen LogP contribution is -2.47. The third-order valence-corrected chi connectivity index (χ3v) is 4.97. The minimum atomic E-state index is -0.0964. The van der Waals surface area contributed by atoms with Crippen LogP contribution in [0.2, 0.25) is 0 Å². The smallest absolute Gasteiger partial charge is 0.321 e. The lowest BCUT2D eigenvalue weighted by molar-refractivity contribution is 0.0661. The molecule has 0 aromatic heterocycles. The minimum Gasteiger partial charge on any atom is -0.338 e. The number of amides is 3. The van der Waals surface area contributed by atoms with E-state index in [1.54, 1.807) is 4.90 Å². The van der Waals surface area contributed by atoms with E-state index >= 15 is 0 Å². The quantitative estimate of drug-likeness (QED) is 0.887. The number of anilines is 1. The number of carbonyl (C=O) groups excluding carboxylic acids is 2. The molecule has 6 heteroatoms. The summed E-state index contributed by atoms with van der Waals surface area (Å²) >= 11 is 0. The molecule has 2 heterocycles. The van der Waals surface area contributed by atoms with Gasteiger partial charge in [0.05, 0.1) is 0 Å². The summed E-state index contributed by atoms with van der Waals surface area (Å²) in [7, 11) is 0. The second-order valence-corrected chi connectivity index (χ2v) is 6.80. The van der Waals surface area contributed by atoms with Crippen LogP contribution in [0.3, 0.4) is 0 Å². The molecule has 2 saturated heterocycles. The second-order valence-electron chi connectivity index (χ2n) is 6.80. The number of urea groups is 1. The molecule has 2 atom stereocenters. The zero-order chi connectivity index (χ0) is 17.1. The van der Waals surface area contributed by atoms with Gasteiger partial charge in [-0.2, -0.15) is 0 Å². The van der Waals surface area contributed by atoms with E-state index in [1.165, 1.54) is 0 Å². The fourth-order valence-corrected chi connectivity index (χ4v) is 3.49. The Morgan fingerprint density at radius 1 is 1.33 bits per heavy atom. The van der Waals surface area contributed by atoms with Crippen LogP contribution < -0.4 is 16.0 Å². The van der Waals surface area contributed by atoms with Gasteiger partial charge in [-0.05, 0) is 50.3 Å². The van der Waals surface area contributed by atoms with Gasteiger partial charge in [-0.3, -0.25) is 9.69 Å². The first-order chi connectivity index (χ1) is 11.6. The van der Waals surface area contributed by atoms with Gasteiger partial charge in [-0.1, -0.05) is 6.07 Å². The first kappa shape index (κ1) is 16.8. The second kappa shape index (κ2) is 7.21. The monoisotopic (exact) mass is 330 g/mol. The highest BCUT2D eigenvalue weighted by molar-refractivity contribution is 5.98. The van der Waals surface area contributed by atoms with Gasteiger partial charge in [0.2, 0.25) is 0 Å². The van der Waals surface area contributed by atoms with Crippen LogP contribution in [0.1, 0.15) is 36.5 Å². The predicted molar refractivity (Wildman–Crippen MR) is 94.1 cm³/mol. The van der Waals surface area contributed by atoms with Crippen molar-refractivity contribution in [1.29, 1.82) is 0 Å². The molecule has 3 N–H and O–H groups in total. The van der Waals surface area contributed by atoms with Crippen LogP contribution in [-0.4, -0.2) is 49.1 Å². The molecule has 0 bridgehead atoms. The van der Waals surface area contributed by atoms with E-state index in [-0.39, 0.29) is 18.0 Å². The summed E-state index contributed by atoms with van der Waals surface area (Å²) in [5, 5.41) is 2.84. The Morgan fingerprint density at radius 2 is 2.17 bits per heavy atom. The summed E-state index contributed by atoms with van der Waals surface area (Å²) in [6.45, 7) is 4.88. The molecule has 1 aromatic carbocycles. The molecular formula is C18H26N4O2. The number of hydrogen-bond acceptors (Lipinski definition) is 3. The molecule has 1 aromatic rings. The summed E-state index contributed by atoms with van der Waals surface area (Å²) in [5.74, 6) is 0.387. The number of nitrogens with two attached hydrogens (primary N) is 1. The lowest BCUT2D eigenvalue weighted by atomic mass is 9.92. The Labute approximate surface area is 143 Å². The largest absolute Gasteiger partial charge is 0.338 e. The standard InChI is InChI=1S/C18H26N4O2/c1-13(19)15-6-3-9-21(12-15)17(23)14-5-2-7-16(11-14)22-10-4-8-20-18(22)24/h2,5,7,11,13,15H,3-4,6,8-10,12,19H2,1H3,(H,20,24). The maximum atomic E-state index is 12.9. The van der Waals surface area contributed by atoms with Crippen LogP contribution >= 0.6 is 0 Å². The van der Waals surface area contributed by atoms with Crippen LogP contribution in [-0.2, 0) is 0 Å². The van der Waals surface area contributed by atoms with Crippen molar-refractivity contribution in [3.63, 3.8) is 0 Å². The molecule has 0 saturated carbocycles. The molecule has 2 unspecified atom stereocenters. The fourth-order valence-electron chi connectivity index (χ4n) is 3.49. The molecule has 2 aliphatic rings. The van der Waals surface area contributed by atoms with Gasteiger partial charge in [0.25, 0.3) is 5.91 Å². The Balaban J connectivity index is 1.75. The van der Waals surface area contributed by atoms with Gasteiger partial charge in [-0.15, -0.1) is 0 Å². The average molecular weight is 330 g/mol. The van der Waals surface area contributed by atoms with E-state index in [9.17, 15) is 9.59 Å². The number of nitrogens with one attached hydrogen (secondary N) is 1. The average Bonchev–Trinajstić information content (AvgIpc) is 2.61. The fraction of sp³-hybridized carbons (Fsp3) is 0.556. The first-order valence-corrected chi connectivity index (χ1v) is 8.76. The van der Waals surface area contributed by atoms with Gasteiger partial charge >= 0.3 is 6.03 Å². The zero-order valence-electron chi connectivity index (χ0n) is 14.2. The van der Waals surface area contributed by atoms with Crippen molar-refractivity contribution in [2.75, 3.05) is 31.1 Å². The minimum absolute atomic E-state index is 0.0274. The maximum absolute atomic E-state index is 12.9. The predicted octanol–water partition coefficient (Wildman–Crippen LogP) is 1.81. The van der Waals surface area contributed by atoms with Crippen molar-refractivity contribution in [1.82, 2.24) is 10.2 Å². The van der Waals surface area contributed by atoms with Gasteiger partial charge in [0, 0.05) is 43.5 Å². The highest BCUT2D eigenvalue weighted by Gasteiger charge is 2.27. The number of hydrogen-bond donors (Lipinski definition) is 2. The van der Waals surface area contributed by atoms with Gasteiger partial charge in [0.1, 0.15) is 0 Å². The van der Waals surface area contributed by atoms with Crippen molar-refractivity contribution in [3.8, 4) is 0 Å². The molecule has 130 valence electrons. The molecule has 24 heavy (non-hydrogen) atoms. The molecule has 2 aliphatic heterocycles. The van der Waals surface area contributed by atoms with Gasteiger partial charge in [-0.25, -0.2) is 4.79 Å². The van der Waals surface area contributed by atoms with E-state index in [1.807, 2.05) is 36.1 Å². The Bertz CT molecular complexity index is 617. The van der Waals surface area contributed by atoms with E-state index in [0.717, 1.165) is 31.5 Å². The summed E-state index contributed by atoms with van der Waals surface area (Å²) in [4.78, 5) is 28.4. The number of nitrogens with zero attached hydrogens (tertiary/aromatic N) is 2. The van der Waals surface area contributed by atoms with Crippen LogP contribution in [0, 0.1) is 5.92 Å². The molecule has 0 radical (unpaired) electrons. The van der Waals surface area contributed by atoms with Crippen molar-refractivity contribution in [2.24, 2.45) is 11.7 Å². The highest BCUT2D eigenvalue weighted by Crippen LogP contribution is 2.23. The van der Waals surface area contributed by atoms with Crippen molar-refractivity contribution in [3.05, 3.63) is 29.8 Å². The van der Waals surface area contributed by atoms with Crippen LogP contribution in [0.25, 0.3) is 0 Å². The van der Waals surface area contributed by atoms with Crippen molar-refractivity contribution >= 4 is 17.6 Å². The SMILES string of the molecule is CC(N)C1CCCN(C(=O)c2cccc(N3CCCNC3=O)c2)C1. The third kappa shape index (κ3) is 3.53. The number of rotatable bonds is 3. The van der Waals surface area contributed by atoms with E-state index in [0.29, 0.717) is 31.1 Å². The van der Waals surface area contributed by atoms with Gasteiger partial charge in [0.15, 0.2) is 0 Å². The van der Waals surface area contributed by atoms with Crippen molar-refractivity contribution in [2.45, 2.75) is 32.2 Å². The van der Waals surface area contributed by atoms with E-state index in [2.05, 4.69) is 5.32 Å². The number of carbonyl (C=O) groups is 2. The molecule has 3 rings (SSSR count). The number of likely N-dealkylation sites (tertiary alicyclic amines) is 1. The number of benzene rings is 1. The normalized spacial score (nSPS) is 22.9. The molecule has 3 amide bonds. The number of piperidine rings is 1. The van der Waals surface area contributed by atoms with Crippen LogP contribution in [0.4, 0.5) is 10.5 Å². The zero-order valence-corrected chi connectivity index (χ0v) is 14.2. The van der Waals surface area contributed by atoms with E-state index < -0.39 is 0 Å². The highest BCUT2D eigenvalue weighted by atomic mass is 16.2.